The number of hydrogen-bond acceptors (Lipinski definition) is 2. The Balaban J connectivity index is 2.36. The van der Waals surface area contributed by atoms with Crippen LogP contribution in [0.1, 0.15) is 15.9 Å². The van der Waals surface area contributed by atoms with Crippen LogP contribution >= 0.6 is 15.9 Å². The summed E-state index contributed by atoms with van der Waals surface area (Å²) < 4.78 is 14.3. The fraction of sp³-hybridized carbons (Fsp3) is 0.133. The van der Waals surface area contributed by atoms with Crippen LogP contribution in [0.15, 0.2) is 46.9 Å². The number of benzene rings is 2. The summed E-state index contributed by atoms with van der Waals surface area (Å²) in [5.74, 6) is -0.825. The first-order valence-electron chi connectivity index (χ1n) is 5.76. The molecule has 0 bridgehead atoms. The maximum atomic E-state index is 13.7. The van der Waals surface area contributed by atoms with E-state index >= 15 is 0 Å². The summed E-state index contributed by atoms with van der Waals surface area (Å²) in [5, 5.41) is 0. The lowest BCUT2D eigenvalue weighted by Crippen LogP contribution is -2.09. The van der Waals surface area contributed by atoms with Gasteiger partial charge < -0.3 is 4.90 Å². The molecule has 2 rings (SSSR count). The maximum Gasteiger partial charge on any atom is 0.196 e. The van der Waals surface area contributed by atoms with Crippen LogP contribution in [0.4, 0.5) is 10.1 Å². The largest absolute Gasteiger partial charge is 0.378 e. The molecule has 0 aliphatic heterocycles. The van der Waals surface area contributed by atoms with E-state index in [2.05, 4.69) is 15.9 Å². The highest BCUT2D eigenvalue weighted by Crippen LogP contribution is 2.20. The lowest BCUT2D eigenvalue weighted by Gasteiger charge is -2.12. The van der Waals surface area contributed by atoms with Gasteiger partial charge in [0.25, 0.3) is 0 Å². The van der Waals surface area contributed by atoms with Crippen molar-refractivity contribution in [3.05, 3.63) is 63.9 Å². The molecule has 19 heavy (non-hydrogen) atoms. The Hall–Kier alpha value is -1.68. The van der Waals surface area contributed by atoms with Gasteiger partial charge in [-0.05, 0) is 42.5 Å². The van der Waals surface area contributed by atoms with Crippen LogP contribution in [0.3, 0.4) is 0 Å². The van der Waals surface area contributed by atoms with Gasteiger partial charge in [0.15, 0.2) is 5.78 Å². The molecule has 0 saturated carbocycles. The fourth-order valence-electron chi connectivity index (χ4n) is 1.74. The van der Waals surface area contributed by atoms with E-state index in [1.54, 1.807) is 18.2 Å². The minimum atomic E-state index is -0.509. The van der Waals surface area contributed by atoms with Crippen LogP contribution in [-0.2, 0) is 0 Å². The predicted molar refractivity (Wildman–Crippen MR) is 78.3 cm³/mol. The molecule has 2 aromatic rings. The first-order chi connectivity index (χ1) is 8.99. The molecule has 0 aliphatic carbocycles. The monoisotopic (exact) mass is 321 g/mol. The number of ketones is 1. The molecule has 0 amide bonds. The molecule has 0 unspecified atom stereocenters. The average molecular weight is 322 g/mol. The fourth-order valence-corrected chi connectivity index (χ4v) is 2.10. The molecule has 0 N–H and O–H groups in total. The van der Waals surface area contributed by atoms with Gasteiger partial charge in [-0.2, -0.15) is 0 Å². The van der Waals surface area contributed by atoms with Crippen molar-refractivity contribution in [2.45, 2.75) is 0 Å². The number of carbonyl (C=O) groups is 1. The highest BCUT2D eigenvalue weighted by atomic mass is 79.9. The van der Waals surface area contributed by atoms with Gasteiger partial charge in [0.05, 0.1) is 5.56 Å². The summed E-state index contributed by atoms with van der Waals surface area (Å²) >= 11 is 3.24. The van der Waals surface area contributed by atoms with Crippen LogP contribution in [0, 0.1) is 5.82 Å². The molecule has 0 radical (unpaired) electrons. The third-order valence-corrected chi connectivity index (χ3v) is 3.31. The molecule has 0 heterocycles. The van der Waals surface area contributed by atoms with Crippen LogP contribution < -0.4 is 4.90 Å². The maximum absolute atomic E-state index is 13.7. The Morgan fingerprint density at radius 2 is 1.74 bits per heavy atom. The van der Waals surface area contributed by atoms with Crippen molar-refractivity contribution in [3.8, 4) is 0 Å². The minimum Gasteiger partial charge on any atom is -0.378 e. The van der Waals surface area contributed by atoms with E-state index in [9.17, 15) is 9.18 Å². The second kappa shape index (κ2) is 5.53. The van der Waals surface area contributed by atoms with Crippen molar-refractivity contribution in [2.75, 3.05) is 19.0 Å². The van der Waals surface area contributed by atoms with E-state index in [1.165, 1.54) is 12.1 Å². The van der Waals surface area contributed by atoms with Gasteiger partial charge in [-0.15, -0.1) is 0 Å². The van der Waals surface area contributed by atoms with E-state index in [4.69, 9.17) is 0 Å². The second-order valence-corrected chi connectivity index (χ2v) is 5.31. The van der Waals surface area contributed by atoms with Crippen LogP contribution in [-0.4, -0.2) is 19.9 Å². The van der Waals surface area contributed by atoms with Gasteiger partial charge in [0.2, 0.25) is 0 Å². The topological polar surface area (TPSA) is 20.3 Å². The van der Waals surface area contributed by atoms with Gasteiger partial charge in [-0.3, -0.25) is 4.79 Å². The van der Waals surface area contributed by atoms with Crippen molar-refractivity contribution >= 4 is 27.4 Å². The summed E-state index contributed by atoms with van der Waals surface area (Å²) in [6.07, 6.45) is 0. The molecule has 0 saturated heterocycles. The lowest BCUT2D eigenvalue weighted by atomic mass is 10.0. The SMILES string of the molecule is CN(C)c1ccc(C(=O)c2cc(Br)ccc2F)cc1. The Morgan fingerprint density at radius 3 is 2.32 bits per heavy atom. The van der Waals surface area contributed by atoms with E-state index in [0.717, 1.165) is 5.69 Å². The molecule has 2 nitrogen and oxygen atoms in total. The standard InChI is InChI=1S/C15H13BrFNO/c1-18(2)12-6-3-10(4-7-12)15(19)13-9-11(16)5-8-14(13)17/h3-9H,1-2H3. The Kier molecular flexibility index (Phi) is 4.00. The first kappa shape index (κ1) is 13.7. The number of carbonyl (C=O) groups excluding carboxylic acids is 1. The number of halogens is 2. The first-order valence-corrected chi connectivity index (χ1v) is 6.55. The number of rotatable bonds is 3. The molecule has 0 aliphatic rings. The molecular formula is C15H13BrFNO. The van der Waals surface area contributed by atoms with Crippen LogP contribution in [0.5, 0.6) is 0 Å². The Labute approximate surface area is 120 Å². The zero-order valence-electron chi connectivity index (χ0n) is 10.7. The van der Waals surface area contributed by atoms with Crippen LogP contribution in [0.25, 0.3) is 0 Å². The van der Waals surface area contributed by atoms with Crippen molar-refractivity contribution in [3.63, 3.8) is 0 Å². The normalized spacial score (nSPS) is 10.3. The number of nitrogens with zero attached hydrogens (tertiary/aromatic N) is 1. The van der Waals surface area contributed by atoms with Gasteiger partial charge in [0.1, 0.15) is 5.82 Å². The summed E-state index contributed by atoms with van der Waals surface area (Å²) in [6.45, 7) is 0. The molecule has 0 aromatic heterocycles. The van der Waals surface area contributed by atoms with E-state index in [1.807, 2.05) is 31.1 Å². The molecule has 2 aromatic carbocycles. The smallest absolute Gasteiger partial charge is 0.196 e. The summed E-state index contributed by atoms with van der Waals surface area (Å²) in [4.78, 5) is 14.2. The third-order valence-electron chi connectivity index (χ3n) is 2.82. The minimum absolute atomic E-state index is 0.0759. The number of hydrogen-bond donors (Lipinski definition) is 0. The molecule has 4 heteroatoms. The molecular weight excluding hydrogens is 309 g/mol. The molecule has 0 spiro atoms. The third kappa shape index (κ3) is 3.01. The average Bonchev–Trinajstić information content (AvgIpc) is 2.41. The lowest BCUT2D eigenvalue weighted by molar-refractivity contribution is 0.103. The van der Waals surface area contributed by atoms with E-state index < -0.39 is 5.82 Å². The molecule has 98 valence electrons. The molecule has 0 atom stereocenters. The Bertz CT molecular complexity index is 608. The quantitative estimate of drug-likeness (QED) is 0.799. The summed E-state index contributed by atoms with van der Waals surface area (Å²) in [6, 6.07) is 11.4. The summed E-state index contributed by atoms with van der Waals surface area (Å²) in [5.41, 5.74) is 1.54. The number of anilines is 1. The molecule has 0 fully saturated rings. The van der Waals surface area contributed by atoms with Crippen LogP contribution in [0.2, 0.25) is 0 Å². The van der Waals surface area contributed by atoms with Crippen molar-refractivity contribution in [1.29, 1.82) is 0 Å². The zero-order chi connectivity index (χ0) is 14.0. The van der Waals surface area contributed by atoms with Crippen molar-refractivity contribution in [1.82, 2.24) is 0 Å². The zero-order valence-corrected chi connectivity index (χ0v) is 12.2. The van der Waals surface area contributed by atoms with Crippen molar-refractivity contribution in [2.24, 2.45) is 0 Å². The van der Waals surface area contributed by atoms with E-state index in [0.29, 0.717) is 10.0 Å². The van der Waals surface area contributed by atoms with Crippen molar-refractivity contribution < 1.29 is 9.18 Å². The highest BCUT2D eigenvalue weighted by molar-refractivity contribution is 9.10. The van der Waals surface area contributed by atoms with E-state index in [-0.39, 0.29) is 11.3 Å². The van der Waals surface area contributed by atoms with Gasteiger partial charge in [-0.25, -0.2) is 4.39 Å². The summed E-state index contributed by atoms with van der Waals surface area (Å²) in [7, 11) is 3.84. The van der Waals surface area contributed by atoms with Gasteiger partial charge in [0, 0.05) is 29.8 Å². The Morgan fingerprint density at radius 1 is 1.11 bits per heavy atom. The van der Waals surface area contributed by atoms with Gasteiger partial charge >= 0.3 is 0 Å². The highest BCUT2D eigenvalue weighted by Gasteiger charge is 2.14. The second-order valence-electron chi connectivity index (χ2n) is 4.39. The predicted octanol–water partition coefficient (Wildman–Crippen LogP) is 3.89. The van der Waals surface area contributed by atoms with Gasteiger partial charge in [-0.1, -0.05) is 15.9 Å².